The number of rotatable bonds is 8. The molecule has 144 valence electrons. The maximum atomic E-state index is 12.4. The van der Waals surface area contributed by atoms with Gasteiger partial charge in [0, 0.05) is 19.5 Å². The molecule has 1 N–H and O–H groups in total. The molecule has 3 rings (SSSR count). The van der Waals surface area contributed by atoms with Crippen LogP contribution in [0.4, 0.5) is 0 Å². The predicted molar refractivity (Wildman–Crippen MR) is 102 cm³/mol. The minimum atomic E-state index is -0.597. The number of nitrogens with zero attached hydrogens (tertiary/aromatic N) is 2. The number of ether oxygens (including phenoxy) is 1. The van der Waals surface area contributed by atoms with Crippen LogP contribution in [0.15, 0.2) is 23.0 Å². The number of aryl methyl sites for hydroxylation is 1. The van der Waals surface area contributed by atoms with Crippen molar-refractivity contribution in [2.45, 2.75) is 52.0 Å². The number of aromatic nitrogens is 2. The Labute approximate surface area is 157 Å². The normalized spacial score (nSPS) is 12.8. The zero-order chi connectivity index (χ0) is 19.2. The molecule has 1 aromatic heterocycles. The van der Waals surface area contributed by atoms with Gasteiger partial charge in [-0.05, 0) is 31.0 Å². The Kier molecular flexibility index (Phi) is 6.21. The van der Waals surface area contributed by atoms with Crippen molar-refractivity contribution in [1.82, 2.24) is 14.9 Å². The van der Waals surface area contributed by atoms with E-state index in [1.165, 1.54) is 6.07 Å². The third kappa shape index (κ3) is 4.53. The van der Waals surface area contributed by atoms with Crippen LogP contribution in [0.3, 0.4) is 0 Å². The molecule has 1 aliphatic rings. The first-order valence-corrected chi connectivity index (χ1v) is 9.57. The Morgan fingerprint density at radius 2 is 2.11 bits per heavy atom. The molecule has 2 heterocycles. The Morgan fingerprint density at radius 1 is 1.26 bits per heavy atom. The quantitative estimate of drug-likeness (QED) is 0.567. The predicted octanol–water partition coefficient (Wildman–Crippen LogP) is 2.20. The molecule has 7 heteroatoms. The fraction of sp³-hybridized carbons (Fsp3) is 0.500. The minimum absolute atomic E-state index is 0.0742. The van der Waals surface area contributed by atoms with Gasteiger partial charge in [-0.2, -0.15) is 0 Å². The van der Waals surface area contributed by atoms with Gasteiger partial charge < -0.3 is 10.1 Å². The molecule has 0 bridgehead atoms. The van der Waals surface area contributed by atoms with Crippen LogP contribution in [0.1, 0.15) is 55.2 Å². The lowest BCUT2D eigenvalue weighted by Gasteiger charge is -2.08. The lowest BCUT2D eigenvalue weighted by atomic mass is 10.1. The number of nitrogens with one attached hydrogen (secondary N) is 1. The Balaban J connectivity index is 1.59. The van der Waals surface area contributed by atoms with Gasteiger partial charge in [0.2, 0.25) is 0 Å². The number of amides is 1. The summed E-state index contributed by atoms with van der Waals surface area (Å²) in [5, 5.41) is 3.23. The van der Waals surface area contributed by atoms with E-state index in [4.69, 9.17) is 4.74 Å². The molecular weight excluding hydrogens is 346 g/mol. The van der Waals surface area contributed by atoms with Gasteiger partial charge in [-0.15, -0.1) is 0 Å². The minimum Gasteiger partial charge on any atom is -0.452 e. The van der Waals surface area contributed by atoms with Crippen molar-refractivity contribution in [3.05, 3.63) is 39.9 Å². The van der Waals surface area contributed by atoms with Gasteiger partial charge >= 0.3 is 5.97 Å². The Morgan fingerprint density at radius 3 is 2.93 bits per heavy atom. The highest BCUT2D eigenvalue weighted by Gasteiger charge is 2.17. The molecule has 0 aliphatic carbocycles. The molecule has 27 heavy (non-hydrogen) atoms. The van der Waals surface area contributed by atoms with Crippen LogP contribution in [0.25, 0.3) is 10.9 Å². The molecule has 0 saturated carbocycles. The molecule has 0 radical (unpaired) electrons. The van der Waals surface area contributed by atoms with E-state index in [0.29, 0.717) is 24.0 Å². The number of esters is 1. The van der Waals surface area contributed by atoms with E-state index in [1.54, 1.807) is 16.7 Å². The average molecular weight is 371 g/mol. The van der Waals surface area contributed by atoms with E-state index in [1.807, 2.05) is 0 Å². The van der Waals surface area contributed by atoms with Crippen LogP contribution in [0, 0.1) is 0 Å². The van der Waals surface area contributed by atoms with E-state index >= 15 is 0 Å². The summed E-state index contributed by atoms with van der Waals surface area (Å²) in [5.41, 5.74) is 0.700. The Hall–Kier alpha value is -2.70. The summed E-state index contributed by atoms with van der Waals surface area (Å²) in [6.07, 6.45) is 5.95. The number of unbranched alkanes of at least 4 members (excludes halogenated alkanes) is 3. The number of hydrogen-bond donors (Lipinski definition) is 1. The monoisotopic (exact) mass is 371 g/mol. The fourth-order valence-electron chi connectivity index (χ4n) is 3.26. The zero-order valence-electron chi connectivity index (χ0n) is 15.6. The summed E-state index contributed by atoms with van der Waals surface area (Å²) in [5.74, 6) is -0.157. The lowest BCUT2D eigenvalue weighted by molar-refractivity contribution is -0.124. The third-order valence-electron chi connectivity index (χ3n) is 4.74. The molecule has 0 fully saturated rings. The molecule has 1 amide bonds. The molecule has 0 unspecified atom stereocenters. The molecule has 1 aliphatic heterocycles. The van der Waals surface area contributed by atoms with Crippen molar-refractivity contribution in [1.29, 1.82) is 0 Å². The zero-order valence-corrected chi connectivity index (χ0v) is 15.6. The van der Waals surface area contributed by atoms with E-state index in [2.05, 4.69) is 17.2 Å². The van der Waals surface area contributed by atoms with Crippen molar-refractivity contribution in [2.75, 3.05) is 13.2 Å². The highest BCUT2D eigenvalue weighted by molar-refractivity contribution is 5.95. The maximum Gasteiger partial charge on any atom is 0.338 e. The number of hydrogen-bond acceptors (Lipinski definition) is 5. The first-order chi connectivity index (χ1) is 13.1. The summed E-state index contributed by atoms with van der Waals surface area (Å²) in [6, 6.07) is 4.69. The Bertz CT molecular complexity index is 904. The van der Waals surface area contributed by atoms with Crippen LogP contribution in [-0.2, 0) is 22.5 Å². The van der Waals surface area contributed by atoms with Crippen LogP contribution in [0.5, 0.6) is 0 Å². The average Bonchev–Trinajstić information content (AvgIpc) is 3.14. The van der Waals surface area contributed by atoms with Crippen molar-refractivity contribution in [3.8, 4) is 0 Å². The fourth-order valence-corrected chi connectivity index (χ4v) is 3.26. The van der Waals surface area contributed by atoms with Gasteiger partial charge in [0.25, 0.3) is 11.5 Å². The summed E-state index contributed by atoms with van der Waals surface area (Å²) < 4.78 is 6.76. The highest BCUT2D eigenvalue weighted by Crippen LogP contribution is 2.16. The van der Waals surface area contributed by atoms with E-state index in [-0.39, 0.29) is 23.6 Å². The second-order valence-electron chi connectivity index (χ2n) is 6.81. The van der Waals surface area contributed by atoms with Gasteiger partial charge in [-0.1, -0.05) is 26.2 Å². The summed E-state index contributed by atoms with van der Waals surface area (Å²) >= 11 is 0. The van der Waals surface area contributed by atoms with Crippen molar-refractivity contribution in [3.63, 3.8) is 0 Å². The van der Waals surface area contributed by atoms with Crippen molar-refractivity contribution in [2.24, 2.45) is 0 Å². The van der Waals surface area contributed by atoms with E-state index in [9.17, 15) is 14.4 Å². The standard InChI is InChI=1S/C20H25N3O4/c1-2-3-4-5-10-21-18(24)13-27-20(26)14-8-9-15-16(12-14)22-17-7-6-11-23(17)19(15)25/h8-9,12H,2-7,10-11,13H2,1H3,(H,21,24). The van der Waals surface area contributed by atoms with E-state index < -0.39 is 5.97 Å². The highest BCUT2D eigenvalue weighted by atomic mass is 16.5. The first kappa shape index (κ1) is 19.1. The van der Waals surface area contributed by atoms with Gasteiger partial charge in [-0.3, -0.25) is 14.2 Å². The third-order valence-corrected chi connectivity index (χ3v) is 4.74. The van der Waals surface area contributed by atoms with Crippen LogP contribution in [-0.4, -0.2) is 34.6 Å². The summed E-state index contributed by atoms with van der Waals surface area (Å²) in [4.78, 5) is 40.9. The van der Waals surface area contributed by atoms with Crippen LogP contribution in [0.2, 0.25) is 0 Å². The van der Waals surface area contributed by atoms with Gasteiger partial charge in [0.05, 0.1) is 16.5 Å². The molecule has 0 saturated heterocycles. The second-order valence-corrected chi connectivity index (χ2v) is 6.81. The van der Waals surface area contributed by atoms with Crippen molar-refractivity contribution < 1.29 is 14.3 Å². The largest absolute Gasteiger partial charge is 0.452 e. The van der Waals surface area contributed by atoms with Gasteiger partial charge in [0.15, 0.2) is 6.61 Å². The molecular formula is C20H25N3O4. The lowest BCUT2D eigenvalue weighted by Crippen LogP contribution is -2.29. The van der Waals surface area contributed by atoms with Gasteiger partial charge in [-0.25, -0.2) is 9.78 Å². The molecule has 2 aromatic rings. The number of benzene rings is 1. The summed E-state index contributed by atoms with van der Waals surface area (Å²) in [7, 11) is 0. The van der Waals surface area contributed by atoms with Gasteiger partial charge in [0.1, 0.15) is 5.82 Å². The SMILES string of the molecule is CCCCCCNC(=O)COC(=O)c1ccc2c(=O)n3c(nc2c1)CCC3. The number of fused-ring (bicyclic) bond motifs is 2. The smallest absolute Gasteiger partial charge is 0.338 e. The van der Waals surface area contributed by atoms with Crippen LogP contribution < -0.4 is 10.9 Å². The molecule has 7 nitrogen and oxygen atoms in total. The first-order valence-electron chi connectivity index (χ1n) is 9.57. The molecule has 0 spiro atoms. The molecule has 1 aromatic carbocycles. The topological polar surface area (TPSA) is 90.3 Å². The molecule has 0 atom stereocenters. The van der Waals surface area contributed by atoms with Crippen molar-refractivity contribution >= 4 is 22.8 Å². The van der Waals surface area contributed by atoms with Crippen LogP contribution >= 0.6 is 0 Å². The van der Waals surface area contributed by atoms with E-state index in [0.717, 1.165) is 44.3 Å². The number of carbonyl (C=O) groups excluding carboxylic acids is 2. The maximum absolute atomic E-state index is 12.4. The number of carbonyl (C=O) groups is 2. The summed E-state index contributed by atoms with van der Waals surface area (Å²) in [6.45, 7) is 3.09. The second kappa shape index (κ2) is 8.79.